The molecule has 0 amide bonds. The molecule has 0 aromatic heterocycles. The molecule has 1 aromatic carbocycles. The molecule has 0 bridgehead atoms. The molecule has 1 heterocycles. The van der Waals surface area contributed by atoms with E-state index < -0.39 is 5.82 Å². The number of hydrogen-bond donors (Lipinski definition) is 1. The van der Waals surface area contributed by atoms with Crippen LogP contribution in [0.1, 0.15) is 19.4 Å². The van der Waals surface area contributed by atoms with E-state index in [9.17, 15) is 9.50 Å². The molecule has 1 N–H and O–H groups in total. The zero-order valence-corrected chi connectivity index (χ0v) is 10.2. The lowest BCUT2D eigenvalue weighted by atomic mass is 10.1. The maximum Gasteiger partial charge on any atom is 0.165 e. The van der Waals surface area contributed by atoms with E-state index in [1.165, 1.54) is 6.07 Å². The van der Waals surface area contributed by atoms with Gasteiger partial charge in [-0.1, -0.05) is 12.1 Å². The molecule has 1 aliphatic heterocycles. The highest BCUT2D eigenvalue weighted by Gasteiger charge is 2.23. The zero-order chi connectivity index (χ0) is 12.4. The molecule has 4 heteroatoms. The highest BCUT2D eigenvalue weighted by molar-refractivity contribution is 5.33. The molecular formula is C13H18FNO2. The van der Waals surface area contributed by atoms with Gasteiger partial charge in [-0.05, 0) is 19.9 Å². The second-order valence-corrected chi connectivity index (χ2v) is 4.70. The summed E-state index contributed by atoms with van der Waals surface area (Å²) in [7, 11) is 0. The van der Waals surface area contributed by atoms with E-state index in [0.29, 0.717) is 12.1 Å². The van der Waals surface area contributed by atoms with E-state index in [1.807, 2.05) is 13.8 Å². The second kappa shape index (κ2) is 5.02. The minimum absolute atomic E-state index is 0.175. The van der Waals surface area contributed by atoms with Crippen LogP contribution in [-0.2, 0) is 11.3 Å². The number of benzene rings is 1. The number of hydrogen-bond acceptors (Lipinski definition) is 3. The minimum atomic E-state index is -0.558. The second-order valence-electron chi connectivity index (χ2n) is 4.70. The highest BCUT2D eigenvalue weighted by Crippen LogP contribution is 2.23. The average Bonchev–Trinajstić information content (AvgIpc) is 2.23. The van der Waals surface area contributed by atoms with Gasteiger partial charge in [0.25, 0.3) is 0 Å². The van der Waals surface area contributed by atoms with Crippen LogP contribution in [0.5, 0.6) is 5.75 Å². The summed E-state index contributed by atoms with van der Waals surface area (Å²) in [5.41, 5.74) is 0.631. The maximum absolute atomic E-state index is 13.2. The van der Waals surface area contributed by atoms with E-state index >= 15 is 0 Å². The summed E-state index contributed by atoms with van der Waals surface area (Å²) in [4.78, 5) is 2.17. The first-order valence-corrected chi connectivity index (χ1v) is 5.90. The first-order valence-electron chi connectivity index (χ1n) is 5.90. The van der Waals surface area contributed by atoms with E-state index in [-0.39, 0.29) is 18.0 Å². The molecule has 0 aliphatic carbocycles. The van der Waals surface area contributed by atoms with Crippen LogP contribution < -0.4 is 0 Å². The lowest BCUT2D eigenvalue weighted by molar-refractivity contribution is -0.0706. The van der Waals surface area contributed by atoms with Crippen LogP contribution in [0.25, 0.3) is 0 Å². The van der Waals surface area contributed by atoms with E-state index in [1.54, 1.807) is 12.1 Å². The molecule has 3 nitrogen and oxygen atoms in total. The largest absolute Gasteiger partial charge is 0.505 e. The van der Waals surface area contributed by atoms with Crippen molar-refractivity contribution in [2.24, 2.45) is 0 Å². The van der Waals surface area contributed by atoms with E-state index in [4.69, 9.17) is 4.74 Å². The standard InChI is InChI=1S/C13H18FNO2/c1-9-6-15(7-10(2)17-9)8-11-4-3-5-12(14)13(11)16/h3-5,9-10,16H,6-8H2,1-2H3. The number of nitrogens with zero attached hydrogens (tertiary/aromatic N) is 1. The Hall–Kier alpha value is -1.13. The van der Waals surface area contributed by atoms with Crippen LogP contribution in [-0.4, -0.2) is 35.3 Å². The molecule has 2 rings (SSSR count). The van der Waals surface area contributed by atoms with Crippen LogP contribution in [0.4, 0.5) is 4.39 Å². The van der Waals surface area contributed by atoms with Crippen molar-refractivity contribution in [2.45, 2.75) is 32.6 Å². The summed E-state index contributed by atoms with van der Waals surface area (Å²) >= 11 is 0. The van der Waals surface area contributed by atoms with Crippen molar-refractivity contribution in [2.75, 3.05) is 13.1 Å². The molecule has 1 saturated heterocycles. The highest BCUT2D eigenvalue weighted by atomic mass is 19.1. The Labute approximate surface area is 101 Å². The van der Waals surface area contributed by atoms with Gasteiger partial charge in [0.2, 0.25) is 0 Å². The summed E-state index contributed by atoms with van der Waals surface area (Å²) < 4.78 is 18.8. The van der Waals surface area contributed by atoms with Crippen LogP contribution in [0.15, 0.2) is 18.2 Å². The smallest absolute Gasteiger partial charge is 0.165 e. The zero-order valence-electron chi connectivity index (χ0n) is 10.2. The van der Waals surface area contributed by atoms with Crippen molar-refractivity contribution < 1.29 is 14.2 Å². The molecule has 2 unspecified atom stereocenters. The van der Waals surface area contributed by atoms with Crippen molar-refractivity contribution in [1.82, 2.24) is 4.90 Å². The lowest BCUT2D eigenvalue weighted by Gasteiger charge is -2.35. The Bertz CT molecular complexity index is 387. The van der Waals surface area contributed by atoms with Gasteiger partial charge in [-0.25, -0.2) is 4.39 Å². The molecule has 1 aliphatic rings. The number of aromatic hydroxyl groups is 1. The van der Waals surface area contributed by atoms with Crippen molar-refractivity contribution >= 4 is 0 Å². The quantitative estimate of drug-likeness (QED) is 0.858. The van der Waals surface area contributed by atoms with Gasteiger partial charge in [-0.15, -0.1) is 0 Å². The van der Waals surface area contributed by atoms with Crippen LogP contribution in [0, 0.1) is 5.82 Å². The fourth-order valence-electron chi connectivity index (χ4n) is 2.34. The molecule has 0 saturated carbocycles. The minimum Gasteiger partial charge on any atom is -0.505 e. The Balaban J connectivity index is 2.07. The van der Waals surface area contributed by atoms with Crippen molar-refractivity contribution in [3.05, 3.63) is 29.6 Å². The van der Waals surface area contributed by atoms with Crippen LogP contribution in [0.2, 0.25) is 0 Å². The first kappa shape index (κ1) is 12.3. The Morgan fingerprint density at radius 3 is 2.65 bits per heavy atom. The number of phenols is 1. The fraction of sp³-hybridized carbons (Fsp3) is 0.538. The molecule has 0 radical (unpaired) electrons. The summed E-state index contributed by atoms with van der Waals surface area (Å²) in [5.74, 6) is -0.795. The topological polar surface area (TPSA) is 32.7 Å². The SMILES string of the molecule is CC1CN(Cc2cccc(F)c2O)CC(C)O1. The molecule has 94 valence electrons. The van der Waals surface area contributed by atoms with Gasteiger partial charge in [0.15, 0.2) is 11.6 Å². The first-order chi connectivity index (χ1) is 8.06. The van der Waals surface area contributed by atoms with Crippen molar-refractivity contribution in [3.8, 4) is 5.75 Å². The fourth-order valence-corrected chi connectivity index (χ4v) is 2.34. The third-order valence-electron chi connectivity index (χ3n) is 2.96. The van der Waals surface area contributed by atoms with Crippen molar-refractivity contribution in [1.29, 1.82) is 0 Å². The Kier molecular flexibility index (Phi) is 3.64. The summed E-state index contributed by atoms with van der Waals surface area (Å²) in [6.45, 7) is 6.21. The number of phenolic OH excluding ortho intramolecular Hbond substituents is 1. The molecule has 2 atom stereocenters. The van der Waals surface area contributed by atoms with Gasteiger partial charge in [0.05, 0.1) is 12.2 Å². The predicted molar refractivity (Wildman–Crippen MR) is 63.4 cm³/mol. The lowest BCUT2D eigenvalue weighted by Crippen LogP contribution is -2.44. The third kappa shape index (κ3) is 2.96. The van der Waals surface area contributed by atoms with E-state index in [2.05, 4.69) is 4.90 Å². The van der Waals surface area contributed by atoms with Crippen molar-refractivity contribution in [3.63, 3.8) is 0 Å². The average molecular weight is 239 g/mol. The molecule has 0 spiro atoms. The number of para-hydroxylation sites is 1. The maximum atomic E-state index is 13.2. The van der Waals surface area contributed by atoms with Gasteiger partial charge in [-0.3, -0.25) is 4.90 Å². The van der Waals surface area contributed by atoms with Crippen LogP contribution >= 0.6 is 0 Å². The Morgan fingerprint density at radius 1 is 1.35 bits per heavy atom. The van der Waals surface area contributed by atoms with Crippen LogP contribution in [0.3, 0.4) is 0 Å². The van der Waals surface area contributed by atoms with E-state index in [0.717, 1.165) is 13.1 Å². The normalized spacial score (nSPS) is 26.1. The van der Waals surface area contributed by atoms with Gasteiger partial charge in [0.1, 0.15) is 0 Å². The summed E-state index contributed by atoms with van der Waals surface area (Å²) in [5, 5.41) is 9.63. The predicted octanol–water partition coefficient (Wildman–Crippen LogP) is 2.14. The summed E-state index contributed by atoms with van der Waals surface area (Å²) in [6.07, 6.45) is 0.351. The van der Waals surface area contributed by atoms with Gasteiger partial charge in [-0.2, -0.15) is 0 Å². The van der Waals surface area contributed by atoms with Gasteiger partial charge >= 0.3 is 0 Å². The van der Waals surface area contributed by atoms with Gasteiger partial charge in [0, 0.05) is 25.2 Å². The molecule has 1 fully saturated rings. The van der Waals surface area contributed by atoms with Gasteiger partial charge < -0.3 is 9.84 Å². The third-order valence-corrected chi connectivity index (χ3v) is 2.96. The number of ether oxygens (including phenoxy) is 1. The number of halogens is 1. The number of rotatable bonds is 2. The molecular weight excluding hydrogens is 221 g/mol. The summed E-state index contributed by atoms with van der Waals surface area (Å²) in [6, 6.07) is 4.64. The monoisotopic (exact) mass is 239 g/mol. The Morgan fingerprint density at radius 2 is 2.00 bits per heavy atom. The molecule has 1 aromatic rings. The molecule has 17 heavy (non-hydrogen) atoms. The number of morpholine rings is 1.